The summed E-state index contributed by atoms with van der Waals surface area (Å²) in [7, 11) is 0. The van der Waals surface area contributed by atoms with Gasteiger partial charge in [0, 0.05) is 31.7 Å². The third-order valence-electron chi connectivity index (χ3n) is 3.68. The third kappa shape index (κ3) is 3.14. The first-order chi connectivity index (χ1) is 10.1. The molecule has 1 aliphatic rings. The molecule has 1 atom stereocenters. The van der Waals surface area contributed by atoms with Gasteiger partial charge in [-0.1, -0.05) is 5.16 Å². The lowest BCUT2D eigenvalue weighted by molar-refractivity contribution is 0.176. The summed E-state index contributed by atoms with van der Waals surface area (Å²) in [5.41, 5.74) is 0.585. The molecule has 0 aliphatic carbocycles. The van der Waals surface area contributed by atoms with E-state index in [9.17, 15) is 4.39 Å². The monoisotopic (exact) mass is 354 g/mol. The molecule has 1 aromatic heterocycles. The molecular weight excluding hydrogens is 339 g/mol. The van der Waals surface area contributed by atoms with Crippen molar-refractivity contribution in [1.29, 1.82) is 0 Å². The van der Waals surface area contributed by atoms with Gasteiger partial charge in [-0.2, -0.15) is 4.98 Å². The Kier molecular flexibility index (Phi) is 4.32. The van der Waals surface area contributed by atoms with Crippen molar-refractivity contribution in [3.05, 3.63) is 34.3 Å². The summed E-state index contributed by atoms with van der Waals surface area (Å²) < 4.78 is 19.3. The van der Waals surface area contributed by atoms with E-state index in [4.69, 9.17) is 4.52 Å². The highest BCUT2D eigenvalue weighted by atomic mass is 79.9. The maximum Gasteiger partial charge on any atom is 0.258 e. The van der Waals surface area contributed by atoms with Crippen LogP contribution in [0.1, 0.15) is 18.8 Å². The van der Waals surface area contributed by atoms with Crippen molar-refractivity contribution >= 4 is 15.9 Å². The number of piperazine rings is 1. The van der Waals surface area contributed by atoms with Gasteiger partial charge < -0.3 is 9.84 Å². The van der Waals surface area contributed by atoms with Crippen molar-refractivity contribution < 1.29 is 8.91 Å². The number of benzene rings is 1. The molecule has 1 unspecified atom stereocenters. The highest BCUT2D eigenvalue weighted by Gasteiger charge is 2.22. The molecule has 1 saturated heterocycles. The largest absolute Gasteiger partial charge is 0.334 e. The van der Waals surface area contributed by atoms with Gasteiger partial charge in [-0.05, 0) is 41.1 Å². The lowest BCUT2D eigenvalue weighted by Gasteiger charge is -2.30. The first-order valence-electron chi connectivity index (χ1n) is 6.89. The molecule has 0 bridgehead atoms. The number of hydrogen-bond acceptors (Lipinski definition) is 5. The van der Waals surface area contributed by atoms with Crippen molar-refractivity contribution in [1.82, 2.24) is 20.4 Å². The number of rotatable bonds is 3. The molecule has 0 spiro atoms. The molecule has 0 radical (unpaired) electrons. The Morgan fingerprint density at radius 3 is 2.86 bits per heavy atom. The Hall–Kier alpha value is -1.31. The molecule has 5 nitrogen and oxygen atoms in total. The quantitative estimate of drug-likeness (QED) is 0.917. The van der Waals surface area contributed by atoms with Gasteiger partial charge in [0.2, 0.25) is 0 Å². The Morgan fingerprint density at radius 1 is 1.38 bits per heavy atom. The summed E-state index contributed by atoms with van der Waals surface area (Å²) in [6, 6.07) is 4.86. The summed E-state index contributed by atoms with van der Waals surface area (Å²) in [5, 5.41) is 7.35. The highest BCUT2D eigenvalue weighted by molar-refractivity contribution is 9.10. The minimum atomic E-state index is -0.345. The average molecular weight is 355 g/mol. The second-order valence-corrected chi connectivity index (χ2v) is 5.90. The van der Waals surface area contributed by atoms with E-state index in [1.54, 1.807) is 12.1 Å². The van der Waals surface area contributed by atoms with E-state index in [2.05, 4.69) is 43.2 Å². The van der Waals surface area contributed by atoms with E-state index >= 15 is 0 Å². The molecule has 7 heteroatoms. The van der Waals surface area contributed by atoms with Crippen LogP contribution in [-0.2, 0) is 0 Å². The fourth-order valence-electron chi connectivity index (χ4n) is 2.38. The molecule has 112 valence electrons. The molecule has 1 fully saturated rings. The fourth-order valence-corrected chi connectivity index (χ4v) is 2.63. The zero-order valence-electron chi connectivity index (χ0n) is 11.6. The Balaban J connectivity index is 1.80. The second kappa shape index (κ2) is 6.21. The van der Waals surface area contributed by atoms with Crippen molar-refractivity contribution in [3.63, 3.8) is 0 Å². The summed E-state index contributed by atoms with van der Waals surface area (Å²) in [5.74, 6) is 0.635. The van der Waals surface area contributed by atoms with Crippen molar-refractivity contribution in [2.24, 2.45) is 0 Å². The maximum absolute atomic E-state index is 13.6. The topological polar surface area (TPSA) is 54.2 Å². The summed E-state index contributed by atoms with van der Waals surface area (Å²) in [6.45, 7) is 5.90. The number of nitrogens with zero attached hydrogens (tertiary/aromatic N) is 3. The van der Waals surface area contributed by atoms with Gasteiger partial charge in [-0.15, -0.1) is 0 Å². The Bertz CT molecular complexity index is 627. The van der Waals surface area contributed by atoms with Gasteiger partial charge in [0.25, 0.3) is 5.89 Å². The van der Waals surface area contributed by atoms with E-state index in [1.807, 2.05) is 0 Å². The standard InChI is InChI=1S/C14H16BrFN4O/c1-9(20-6-4-17-5-7-20)13-18-14(21-19-13)10-2-3-11(15)12(16)8-10/h2-3,8-9,17H,4-7H2,1H3. The number of hydrogen-bond donors (Lipinski definition) is 1. The zero-order chi connectivity index (χ0) is 14.8. The molecule has 0 saturated carbocycles. The van der Waals surface area contributed by atoms with E-state index in [0.717, 1.165) is 26.2 Å². The normalized spacial score (nSPS) is 17.9. The van der Waals surface area contributed by atoms with E-state index in [0.29, 0.717) is 21.8 Å². The van der Waals surface area contributed by atoms with Crippen LogP contribution >= 0.6 is 15.9 Å². The Labute approximate surface area is 130 Å². The molecule has 3 rings (SSSR count). The predicted octanol–water partition coefficient (Wildman–Crippen LogP) is 2.60. The lowest BCUT2D eigenvalue weighted by Crippen LogP contribution is -2.44. The predicted molar refractivity (Wildman–Crippen MR) is 80.2 cm³/mol. The fraction of sp³-hybridized carbons (Fsp3) is 0.429. The van der Waals surface area contributed by atoms with Gasteiger partial charge in [0.1, 0.15) is 5.82 Å². The van der Waals surface area contributed by atoms with Crippen LogP contribution in [-0.4, -0.2) is 41.2 Å². The molecule has 1 N–H and O–H groups in total. The van der Waals surface area contributed by atoms with Crippen molar-refractivity contribution in [2.45, 2.75) is 13.0 Å². The van der Waals surface area contributed by atoms with Gasteiger partial charge in [-0.25, -0.2) is 4.39 Å². The maximum atomic E-state index is 13.6. The van der Waals surface area contributed by atoms with Crippen molar-refractivity contribution in [2.75, 3.05) is 26.2 Å². The summed E-state index contributed by atoms with van der Waals surface area (Å²) in [4.78, 5) is 6.70. The second-order valence-electron chi connectivity index (χ2n) is 5.05. The van der Waals surface area contributed by atoms with Crippen LogP contribution in [0.15, 0.2) is 27.2 Å². The third-order valence-corrected chi connectivity index (χ3v) is 4.32. The van der Waals surface area contributed by atoms with Crippen LogP contribution in [0, 0.1) is 5.82 Å². The number of nitrogens with one attached hydrogen (secondary N) is 1. The first-order valence-corrected chi connectivity index (χ1v) is 7.68. The minimum absolute atomic E-state index is 0.0879. The van der Waals surface area contributed by atoms with E-state index in [1.165, 1.54) is 6.07 Å². The molecule has 1 aliphatic heterocycles. The van der Waals surface area contributed by atoms with Crippen molar-refractivity contribution in [3.8, 4) is 11.5 Å². The highest BCUT2D eigenvalue weighted by Crippen LogP contribution is 2.25. The Morgan fingerprint density at radius 2 is 2.14 bits per heavy atom. The van der Waals surface area contributed by atoms with Gasteiger partial charge in [0.05, 0.1) is 10.5 Å². The van der Waals surface area contributed by atoms with Crippen LogP contribution in [0.4, 0.5) is 4.39 Å². The van der Waals surface area contributed by atoms with Crippen LogP contribution in [0.3, 0.4) is 0 Å². The van der Waals surface area contributed by atoms with E-state index in [-0.39, 0.29) is 11.9 Å². The lowest BCUT2D eigenvalue weighted by atomic mass is 10.2. The SMILES string of the molecule is CC(c1noc(-c2ccc(Br)c(F)c2)n1)N1CCNCC1. The molecule has 2 aromatic rings. The molecular formula is C14H16BrFN4O. The summed E-state index contributed by atoms with van der Waals surface area (Å²) in [6.07, 6.45) is 0. The van der Waals surface area contributed by atoms with Crippen LogP contribution < -0.4 is 5.32 Å². The smallest absolute Gasteiger partial charge is 0.258 e. The number of aromatic nitrogens is 2. The van der Waals surface area contributed by atoms with E-state index < -0.39 is 0 Å². The molecule has 2 heterocycles. The first kappa shape index (κ1) is 14.6. The van der Waals surface area contributed by atoms with Crippen LogP contribution in [0.25, 0.3) is 11.5 Å². The number of halogens is 2. The summed E-state index contributed by atoms with van der Waals surface area (Å²) >= 11 is 3.13. The molecule has 1 aromatic carbocycles. The van der Waals surface area contributed by atoms with Gasteiger partial charge >= 0.3 is 0 Å². The zero-order valence-corrected chi connectivity index (χ0v) is 13.2. The minimum Gasteiger partial charge on any atom is -0.334 e. The van der Waals surface area contributed by atoms with Crippen LogP contribution in [0.5, 0.6) is 0 Å². The van der Waals surface area contributed by atoms with Gasteiger partial charge in [-0.3, -0.25) is 4.90 Å². The van der Waals surface area contributed by atoms with Crippen LogP contribution in [0.2, 0.25) is 0 Å². The van der Waals surface area contributed by atoms with Gasteiger partial charge in [0.15, 0.2) is 5.82 Å². The average Bonchev–Trinajstić information content (AvgIpc) is 3.00. The molecule has 0 amide bonds. The molecule has 21 heavy (non-hydrogen) atoms.